The first kappa shape index (κ1) is 24.0. The molecule has 0 radical (unpaired) electrons. The van der Waals surface area contributed by atoms with Crippen LogP contribution in [0.2, 0.25) is 0 Å². The zero-order valence-corrected chi connectivity index (χ0v) is 21.1. The second-order valence-electron chi connectivity index (χ2n) is 8.97. The van der Waals surface area contributed by atoms with Crippen LogP contribution in [0.5, 0.6) is 5.75 Å². The van der Waals surface area contributed by atoms with Gasteiger partial charge >= 0.3 is 0 Å². The Morgan fingerprint density at radius 2 is 1.88 bits per heavy atom. The molecule has 0 saturated heterocycles. The Bertz CT molecular complexity index is 1200. The molecule has 1 N–H and O–H groups in total. The van der Waals surface area contributed by atoms with E-state index in [0.29, 0.717) is 28.5 Å². The molecular formula is C26H31N5O2S. The number of aromatic nitrogens is 3. The van der Waals surface area contributed by atoms with Gasteiger partial charge in [0.05, 0.1) is 24.8 Å². The van der Waals surface area contributed by atoms with Gasteiger partial charge in [-0.05, 0) is 49.4 Å². The Kier molecular flexibility index (Phi) is 7.36. The summed E-state index contributed by atoms with van der Waals surface area (Å²) in [6.07, 6.45) is 0.787. The number of ether oxygens (including phenoxy) is 1. The number of carbonyl (C=O) groups excluding carboxylic acids is 1. The number of aliphatic imine (C=N–C) groups is 1. The average Bonchev–Trinajstić information content (AvgIpc) is 3.21. The molecule has 8 heteroatoms. The van der Waals surface area contributed by atoms with Gasteiger partial charge in [-0.15, -0.1) is 5.10 Å². The maximum atomic E-state index is 13.5. The molecule has 0 aliphatic carbocycles. The van der Waals surface area contributed by atoms with Crippen LogP contribution in [-0.4, -0.2) is 33.5 Å². The number of hydrogen-bond donors (Lipinski definition) is 1. The highest BCUT2D eigenvalue weighted by molar-refractivity contribution is 7.98. The third kappa shape index (κ3) is 5.17. The van der Waals surface area contributed by atoms with E-state index < -0.39 is 5.92 Å². The summed E-state index contributed by atoms with van der Waals surface area (Å²) in [5.74, 6) is 1.78. The molecule has 2 aromatic carbocycles. The second-order valence-corrected chi connectivity index (χ2v) is 9.91. The van der Waals surface area contributed by atoms with Crippen molar-refractivity contribution in [1.29, 1.82) is 0 Å². The van der Waals surface area contributed by atoms with Crippen LogP contribution in [0.25, 0.3) is 0 Å². The molecule has 178 valence electrons. The number of carbonyl (C=O) groups is 1. The number of fused-ring (bicyclic) bond motifs is 1. The number of amides is 1. The summed E-state index contributed by atoms with van der Waals surface area (Å²) in [5.41, 5.74) is 3.89. The molecule has 0 bridgehead atoms. The van der Waals surface area contributed by atoms with Crippen molar-refractivity contribution >= 4 is 35.0 Å². The molecule has 4 rings (SSSR count). The number of methoxy groups -OCH3 is 1. The minimum absolute atomic E-state index is 0.119. The Morgan fingerprint density at radius 1 is 1.15 bits per heavy atom. The smallest absolute Gasteiger partial charge is 0.249 e. The van der Waals surface area contributed by atoms with E-state index in [9.17, 15) is 4.79 Å². The van der Waals surface area contributed by atoms with Gasteiger partial charge < -0.3 is 10.1 Å². The first-order valence-electron chi connectivity index (χ1n) is 11.5. The lowest BCUT2D eigenvalue weighted by Gasteiger charge is -2.31. The van der Waals surface area contributed by atoms with Crippen molar-refractivity contribution in [3.63, 3.8) is 0 Å². The molecule has 2 unspecified atom stereocenters. The predicted molar refractivity (Wildman–Crippen MR) is 137 cm³/mol. The maximum Gasteiger partial charge on any atom is 0.249 e. The maximum absolute atomic E-state index is 13.5. The Balaban J connectivity index is 1.60. The standard InChI is InChI=1S/C26H31N5O2S/c1-16(2)14-21-23(24(32)28-20-12-8-9-13-22(20)33-5)18(4)27-25-29-26(30-31(21)25)34-15-19-11-7-6-10-17(19)3/h6-13,16,21,23H,14-15H2,1-5H3,(H,28,32). The fourth-order valence-electron chi connectivity index (χ4n) is 4.26. The van der Waals surface area contributed by atoms with Gasteiger partial charge in [0.1, 0.15) is 5.75 Å². The van der Waals surface area contributed by atoms with Crippen molar-refractivity contribution in [2.24, 2.45) is 16.8 Å². The predicted octanol–water partition coefficient (Wildman–Crippen LogP) is 5.84. The van der Waals surface area contributed by atoms with Gasteiger partial charge in [-0.3, -0.25) is 4.79 Å². The third-order valence-corrected chi connectivity index (χ3v) is 6.88. The van der Waals surface area contributed by atoms with Crippen LogP contribution >= 0.6 is 11.8 Å². The monoisotopic (exact) mass is 477 g/mol. The summed E-state index contributed by atoms with van der Waals surface area (Å²) in [7, 11) is 1.59. The number of para-hydroxylation sites is 2. The van der Waals surface area contributed by atoms with E-state index in [0.717, 1.165) is 17.9 Å². The summed E-state index contributed by atoms with van der Waals surface area (Å²) in [6, 6.07) is 15.6. The molecule has 0 spiro atoms. The van der Waals surface area contributed by atoms with E-state index >= 15 is 0 Å². The molecule has 34 heavy (non-hydrogen) atoms. The van der Waals surface area contributed by atoms with Crippen molar-refractivity contribution in [2.45, 2.75) is 51.1 Å². The van der Waals surface area contributed by atoms with E-state index in [-0.39, 0.29) is 11.9 Å². The molecule has 1 aliphatic heterocycles. The van der Waals surface area contributed by atoms with Gasteiger partial charge in [0.2, 0.25) is 17.0 Å². The van der Waals surface area contributed by atoms with Crippen LogP contribution in [0, 0.1) is 18.8 Å². The molecule has 0 saturated carbocycles. The number of thioether (sulfide) groups is 1. The van der Waals surface area contributed by atoms with Crippen LogP contribution < -0.4 is 10.1 Å². The minimum atomic E-state index is -0.448. The van der Waals surface area contributed by atoms with Crippen LogP contribution in [0.4, 0.5) is 11.6 Å². The van der Waals surface area contributed by atoms with Crippen molar-refractivity contribution in [1.82, 2.24) is 14.8 Å². The minimum Gasteiger partial charge on any atom is -0.495 e. The average molecular weight is 478 g/mol. The van der Waals surface area contributed by atoms with Gasteiger partial charge in [0.15, 0.2) is 0 Å². The van der Waals surface area contributed by atoms with Gasteiger partial charge in [-0.1, -0.05) is 62.0 Å². The number of hydrogen-bond acceptors (Lipinski definition) is 6. The van der Waals surface area contributed by atoms with Gasteiger partial charge in [-0.25, -0.2) is 9.67 Å². The molecule has 0 fully saturated rings. The molecule has 2 heterocycles. The van der Waals surface area contributed by atoms with Crippen molar-refractivity contribution in [3.05, 3.63) is 59.7 Å². The molecule has 1 aliphatic rings. The van der Waals surface area contributed by atoms with Crippen molar-refractivity contribution < 1.29 is 9.53 Å². The summed E-state index contributed by atoms with van der Waals surface area (Å²) in [6.45, 7) is 8.32. The SMILES string of the molecule is COc1ccccc1NC(=O)C1C(C)=Nc2nc(SCc3ccccc3C)nn2C1CC(C)C. The first-order chi connectivity index (χ1) is 16.4. The number of rotatable bonds is 8. The number of aryl methyl sites for hydroxylation is 1. The number of benzene rings is 2. The van der Waals surface area contributed by atoms with Crippen LogP contribution in [0.1, 0.15) is 44.4 Å². The van der Waals surface area contributed by atoms with Crippen LogP contribution in [-0.2, 0) is 10.5 Å². The molecule has 2 atom stereocenters. The Labute approximate surface area is 205 Å². The highest BCUT2D eigenvalue weighted by Gasteiger charge is 2.38. The molecule has 1 aromatic heterocycles. The molecule has 7 nitrogen and oxygen atoms in total. The van der Waals surface area contributed by atoms with Gasteiger partial charge in [-0.2, -0.15) is 4.98 Å². The van der Waals surface area contributed by atoms with Gasteiger partial charge in [0, 0.05) is 11.5 Å². The van der Waals surface area contributed by atoms with E-state index in [4.69, 9.17) is 9.84 Å². The summed E-state index contributed by atoms with van der Waals surface area (Å²) in [4.78, 5) is 22.9. The Hall–Kier alpha value is -3.13. The highest BCUT2D eigenvalue weighted by Crippen LogP contribution is 2.37. The fourth-order valence-corrected chi connectivity index (χ4v) is 5.16. The van der Waals surface area contributed by atoms with Gasteiger partial charge in [0.25, 0.3) is 0 Å². The van der Waals surface area contributed by atoms with Crippen LogP contribution in [0.3, 0.4) is 0 Å². The normalized spacial score (nSPS) is 17.3. The largest absolute Gasteiger partial charge is 0.495 e. The lowest BCUT2D eigenvalue weighted by atomic mass is 9.87. The molecular weight excluding hydrogens is 446 g/mol. The topological polar surface area (TPSA) is 81.4 Å². The number of nitrogens with zero attached hydrogens (tertiary/aromatic N) is 4. The van der Waals surface area contributed by atoms with Crippen molar-refractivity contribution in [2.75, 3.05) is 12.4 Å². The molecule has 3 aromatic rings. The fraction of sp³-hybridized carbons (Fsp3) is 0.385. The highest BCUT2D eigenvalue weighted by atomic mass is 32.2. The summed E-state index contributed by atoms with van der Waals surface area (Å²) < 4.78 is 7.25. The summed E-state index contributed by atoms with van der Waals surface area (Å²) in [5, 5.41) is 8.51. The third-order valence-electron chi connectivity index (χ3n) is 6.00. The second kappa shape index (κ2) is 10.4. The quantitative estimate of drug-likeness (QED) is 0.413. The lowest BCUT2D eigenvalue weighted by molar-refractivity contribution is -0.119. The first-order valence-corrected chi connectivity index (χ1v) is 12.5. The number of nitrogens with one attached hydrogen (secondary N) is 1. The zero-order valence-electron chi connectivity index (χ0n) is 20.3. The van der Waals surface area contributed by atoms with E-state index in [2.05, 4.69) is 48.2 Å². The van der Waals surface area contributed by atoms with E-state index in [1.807, 2.05) is 48.0 Å². The molecule has 1 amide bonds. The lowest BCUT2D eigenvalue weighted by Crippen LogP contribution is -2.39. The summed E-state index contributed by atoms with van der Waals surface area (Å²) >= 11 is 1.59. The van der Waals surface area contributed by atoms with E-state index in [1.165, 1.54) is 11.1 Å². The van der Waals surface area contributed by atoms with Crippen LogP contribution in [0.15, 0.2) is 58.7 Å². The zero-order chi connectivity index (χ0) is 24.2. The van der Waals surface area contributed by atoms with Crippen molar-refractivity contribution in [3.8, 4) is 5.75 Å². The number of anilines is 1. The Morgan fingerprint density at radius 3 is 2.62 bits per heavy atom. The van der Waals surface area contributed by atoms with E-state index in [1.54, 1.807) is 18.9 Å².